The summed E-state index contributed by atoms with van der Waals surface area (Å²) in [5, 5.41) is 2.91. The normalized spacial score (nSPS) is 20.4. The van der Waals surface area contributed by atoms with Crippen LogP contribution < -0.4 is 5.32 Å². The van der Waals surface area contributed by atoms with Crippen LogP contribution in [0.1, 0.15) is 44.2 Å². The number of hydrogen-bond acceptors (Lipinski definition) is 4. The number of nitrogens with zero attached hydrogens (tertiary/aromatic N) is 3. The van der Waals surface area contributed by atoms with Crippen molar-refractivity contribution in [2.45, 2.75) is 52.6 Å². The zero-order valence-corrected chi connectivity index (χ0v) is 19.1. The van der Waals surface area contributed by atoms with E-state index in [4.69, 9.17) is 0 Å². The molecule has 0 saturated carbocycles. The fraction of sp³-hybridized carbons (Fsp3) is 0.625. The van der Waals surface area contributed by atoms with Gasteiger partial charge in [-0.2, -0.15) is 0 Å². The number of hydrogen-bond donors (Lipinski definition) is 1. The Bertz CT molecular complexity index is 768. The third-order valence-corrected chi connectivity index (χ3v) is 6.59. The predicted molar refractivity (Wildman–Crippen MR) is 120 cm³/mol. The van der Waals surface area contributed by atoms with Crippen molar-refractivity contribution in [2.24, 2.45) is 5.92 Å². The largest absolute Gasteiger partial charge is 0.353 e. The Kier molecular flexibility index (Phi) is 8.07. The summed E-state index contributed by atoms with van der Waals surface area (Å²) in [5.41, 5.74) is 2.35. The number of amides is 3. The lowest BCUT2D eigenvalue weighted by molar-refractivity contribution is -0.143. The number of likely N-dealkylation sites (tertiary alicyclic amines) is 1. The minimum absolute atomic E-state index is 0.0000324. The third kappa shape index (κ3) is 5.85. The first kappa shape index (κ1) is 23.3. The van der Waals surface area contributed by atoms with E-state index in [1.54, 1.807) is 0 Å². The molecule has 3 rings (SSSR count). The molecule has 2 aliphatic rings. The molecule has 1 unspecified atom stereocenters. The van der Waals surface area contributed by atoms with Crippen LogP contribution in [0.25, 0.3) is 0 Å². The van der Waals surface area contributed by atoms with Gasteiger partial charge in [0.2, 0.25) is 17.7 Å². The molecule has 3 amide bonds. The minimum Gasteiger partial charge on any atom is -0.353 e. The third-order valence-electron chi connectivity index (χ3n) is 6.59. The summed E-state index contributed by atoms with van der Waals surface area (Å²) in [6, 6.07) is 7.86. The van der Waals surface area contributed by atoms with Crippen LogP contribution in [-0.4, -0.2) is 77.7 Å². The Morgan fingerprint density at radius 3 is 2.32 bits per heavy atom. The highest BCUT2D eigenvalue weighted by molar-refractivity contribution is 5.89. The molecule has 2 aliphatic heterocycles. The number of benzene rings is 1. The first-order chi connectivity index (χ1) is 14.9. The van der Waals surface area contributed by atoms with Crippen LogP contribution >= 0.6 is 0 Å². The van der Waals surface area contributed by atoms with Gasteiger partial charge in [-0.3, -0.25) is 19.3 Å². The SMILES string of the molecule is CCN(CC)C(=O)C1CCN(C(=O)CC2C(=O)NCCN2Cc2ccc(C)cc2)CC1. The quantitative estimate of drug-likeness (QED) is 0.719. The van der Waals surface area contributed by atoms with Crippen molar-refractivity contribution in [3.63, 3.8) is 0 Å². The molecule has 1 aromatic rings. The Labute approximate surface area is 185 Å². The Morgan fingerprint density at radius 2 is 1.71 bits per heavy atom. The molecule has 31 heavy (non-hydrogen) atoms. The highest BCUT2D eigenvalue weighted by atomic mass is 16.2. The van der Waals surface area contributed by atoms with Gasteiger partial charge in [-0.25, -0.2) is 0 Å². The van der Waals surface area contributed by atoms with Crippen LogP contribution in [0.2, 0.25) is 0 Å². The molecule has 2 heterocycles. The minimum atomic E-state index is -0.447. The summed E-state index contributed by atoms with van der Waals surface area (Å²) in [5.74, 6) is 0.135. The zero-order chi connectivity index (χ0) is 22.4. The van der Waals surface area contributed by atoms with Gasteiger partial charge >= 0.3 is 0 Å². The van der Waals surface area contributed by atoms with E-state index in [2.05, 4.69) is 41.4 Å². The van der Waals surface area contributed by atoms with Gasteiger partial charge < -0.3 is 15.1 Å². The molecular weight excluding hydrogens is 392 g/mol. The zero-order valence-electron chi connectivity index (χ0n) is 19.1. The molecule has 170 valence electrons. The molecule has 1 aromatic carbocycles. The van der Waals surface area contributed by atoms with Crippen molar-refractivity contribution in [3.05, 3.63) is 35.4 Å². The van der Waals surface area contributed by atoms with E-state index in [0.717, 1.165) is 25.2 Å². The van der Waals surface area contributed by atoms with Crippen LogP contribution in [0.4, 0.5) is 0 Å². The fourth-order valence-corrected chi connectivity index (χ4v) is 4.57. The van der Waals surface area contributed by atoms with Gasteiger partial charge in [0.15, 0.2) is 0 Å². The topological polar surface area (TPSA) is 73.0 Å². The molecule has 1 N–H and O–H groups in total. The van der Waals surface area contributed by atoms with Crippen LogP contribution in [0, 0.1) is 12.8 Å². The van der Waals surface area contributed by atoms with Gasteiger partial charge in [0.25, 0.3) is 0 Å². The average molecular weight is 429 g/mol. The number of carbonyl (C=O) groups is 3. The first-order valence-corrected chi connectivity index (χ1v) is 11.6. The van der Waals surface area contributed by atoms with Gasteiger partial charge in [-0.05, 0) is 39.2 Å². The highest BCUT2D eigenvalue weighted by Crippen LogP contribution is 2.22. The Balaban J connectivity index is 1.57. The molecule has 0 radical (unpaired) electrons. The number of carbonyl (C=O) groups excluding carboxylic acids is 3. The van der Waals surface area contributed by atoms with Crippen molar-refractivity contribution < 1.29 is 14.4 Å². The van der Waals surface area contributed by atoms with Crippen LogP contribution in [0.3, 0.4) is 0 Å². The summed E-state index contributed by atoms with van der Waals surface area (Å²) < 4.78 is 0. The van der Waals surface area contributed by atoms with Crippen LogP contribution in [0.15, 0.2) is 24.3 Å². The molecular formula is C24H36N4O3. The van der Waals surface area contributed by atoms with Crippen molar-refractivity contribution in [3.8, 4) is 0 Å². The molecule has 0 spiro atoms. The predicted octanol–water partition coefficient (Wildman–Crippen LogP) is 1.79. The van der Waals surface area contributed by atoms with Crippen LogP contribution in [0.5, 0.6) is 0 Å². The molecule has 2 fully saturated rings. The van der Waals surface area contributed by atoms with E-state index in [-0.39, 0.29) is 30.1 Å². The lowest BCUT2D eigenvalue weighted by Crippen LogP contribution is -2.56. The lowest BCUT2D eigenvalue weighted by atomic mass is 9.94. The van der Waals surface area contributed by atoms with Gasteiger partial charge in [-0.15, -0.1) is 0 Å². The lowest BCUT2D eigenvalue weighted by Gasteiger charge is -2.37. The van der Waals surface area contributed by atoms with E-state index in [9.17, 15) is 14.4 Å². The van der Waals surface area contributed by atoms with Crippen LogP contribution in [-0.2, 0) is 20.9 Å². The molecule has 2 saturated heterocycles. The smallest absolute Gasteiger partial charge is 0.237 e. The van der Waals surface area contributed by atoms with Crippen molar-refractivity contribution in [1.29, 1.82) is 0 Å². The van der Waals surface area contributed by atoms with E-state index < -0.39 is 6.04 Å². The summed E-state index contributed by atoms with van der Waals surface area (Å²) in [6.07, 6.45) is 1.59. The maximum atomic E-state index is 13.0. The molecule has 0 bridgehead atoms. The molecule has 7 nitrogen and oxygen atoms in total. The van der Waals surface area contributed by atoms with Crippen molar-refractivity contribution in [2.75, 3.05) is 39.3 Å². The number of nitrogens with one attached hydrogen (secondary N) is 1. The number of aryl methyl sites for hydroxylation is 1. The summed E-state index contributed by atoms with van der Waals surface area (Å²) in [7, 11) is 0. The van der Waals surface area contributed by atoms with Crippen molar-refractivity contribution >= 4 is 17.7 Å². The standard InChI is InChI=1S/C24H36N4O3/c1-4-26(5-2)24(31)20-10-13-27(14-11-20)22(29)16-21-23(30)25-12-15-28(21)17-19-8-6-18(3)7-9-19/h6-9,20-21H,4-5,10-17H2,1-3H3,(H,25,30). The molecule has 0 aliphatic carbocycles. The van der Waals surface area contributed by atoms with Crippen molar-refractivity contribution in [1.82, 2.24) is 20.0 Å². The van der Waals surface area contributed by atoms with E-state index >= 15 is 0 Å². The average Bonchev–Trinajstić information content (AvgIpc) is 2.78. The van der Waals surface area contributed by atoms with Gasteiger partial charge in [-0.1, -0.05) is 29.8 Å². The maximum absolute atomic E-state index is 13.0. The highest BCUT2D eigenvalue weighted by Gasteiger charge is 2.35. The molecule has 1 atom stereocenters. The second-order valence-electron chi connectivity index (χ2n) is 8.63. The van der Waals surface area contributed by atoms with E-state index in [0.29, 0.717) is 39.0 Å². The van der Waals surface area contributed by atoms with Gasteiger partial charge in [0.05, 0.1) is 12.5 Å². The summed E-state index contributed by atoms with van der Waals surface area (Å²) >= 11 is 0. The summed E-state index contributed by atoms with van der Waals surface area (Å²) in [6.45, 7) is 10.7. The maximum Gasteiger partial charge on any atom is 0.237 e. The second kappa shape index (κ2) is 10.8. The van der Waals surface area contributed by atoms with Gasteiger partial charge in [0, 0.05) is 51.7 Å². The number of rotatable bonds is 7. The summed E-state index contributed by atoms with van der Waals surface area (Å²) in [4.78, 5) is 44.0. The monoisotopic (exact) mass is 428 g/mol. The fourth-order valence-electron chi connectivity index (χ4n) is 4.57. The first-order valence-electron chi connectivity index (χ1n) is 11.6. The Morgan fingerprint density at radius 1 is 1.06 bits per heavy atom. The van der Waals surface area contributed by atoms with E-state index in [1.807, 2.05) is 23.6 Å². The van der Waals surface area contributed by atoms with Gasteiger partial charge in [0.1, 0.15) is 0 Å². The Hall–Kier alpha value is -2.41. The number of piperidine rings is 1. The number of piperazine rings is 1. The molecule has 7 heteroatoms. The van der Waals surface area contributed by atoms with E-state index in [1.165, 1.54) is 5.56 Å². The second-order valence-corrected chi connectivity index (χ2v) is 8.63. The molecule has 0 aromatic heterocycles.